The smallest absolute Gasteiger partial charge is 0.338 e. The molecule has 0 bridgehead atoms. The maximum Gasteiger partial charge on any atom is 0.338 e. The molecular weight excluding hydrogens is 200 g/mol. The molecule has 0 heterocycles. The van der Waals surface area contributed by atoms with Crippen molar-refractivity contribution in [3.8, 4) is 0 Å². The molecule has 0 saturated carbocycles. The van der Waals surface area contributed by atoms with Crippen LogP contribution in [-0.2, 0) is 10.2 Å². The monoisotopic (exact) mass is 218 g/mol. The predicted molar refractivity (Wildman–Crippen MR) is 66.6 cm³/mol. The summed E-state index contributed by atoms with van der Waals surface area (Å²) in [5.41, 5.74) is 2.53. The topological polar surface area (TPSA) is 26.3 Å². The lowest BCUT2D eigenvalue weighted by atomic mass is 9.83. The zero-order valence-corrected chi connectivity index (χ0v) is 10.3. The van der Waals surface area contributed by atoms with E-state index in [1.165, 1.54) is 7.11 Å². The van der Waals surface area contributed by atoms with E-state index in [0.29, 0.717) is 5.56 Å². The summed E-state index contributed by atoms with van der Waals surface area (Å²) < 4.78 is 4.78. The van der Waals surface area contributed by atoms with E-state index in [2.05, 4.69) is 27.4 Å². The molecule has 2 nitrogen and oxygen atoms in total. The van der Waals surface area contributed by atoms with E-state index in [1.54, 1.807) is 12.1 Å². The average Bonchev–Trinajstić information content (AvgIpc) is 2.26. The van der Waals surface area contributed by atoms with Gasteiger partial charge >= 0.3 is 5.97 Å². The second kappa shape index (κ2) is 4.52. The number of rotatable bonds is 2. The molecule has 2 heteroatoms. The van der Waals surface area contributed by atoms with Crippen molar-refractivity contribution in [2.24, 2.45) is 0 Å². The highest BCUT2D eigenvalue weighted by Crippen LogP contribution is 2.27. The summed E-state index contributed by atoms with van der Waals surface area (Å²) in [6.45, 7) is 9.95. The van der Waals surface area contributed by atoms with Crippen LogP contribution < -0.4 is 0 Å². The predicted octanol–water partition coefficient (Wildman–Crippen LogP) is 3.41. The molecule has 1 aromatic rings. The Bertz CT molecular complexity index is 411. The molecule has 0 aliphatic carbocycles. The lowest BCUT2D eigenvalue weighted by Crippen LogP contribution is -2.17. The number of hydrogen-bond donors (Lipinski definition) is 0. The molecule has 0 unspecified atom stereocenters. The molecule has 0 amide bonds. The highest BCUT2D eigenvalue weighted by Gasteiger charge is 2.22. The first kappa shape index (κ1) is 12.5. The summed E-state index contributed by atoms with van der Waals surface area (Å²) in [6, 6.07) is 5.65. The molecule has 0 aromatic heterocycles. The molecule has 86 valence electrons. The lowest BCUT2D eigenvalue weighted by molar-refractivity contribution is 0.0598. The fraction of sp³-hybridized carbons (Fsp3) is 0.357. The highest BCUT2D eigenvalue weighted by atomic mass is 16.5. The molecule has 16 heavy (non-hydrogen) atoms. The van der Waals surface area contributed by atoms with Gasteiger partial charge < -0.3 is 4.74 Å². The van der Waals surface area contributed by atoms with Gasteiger partial charge in [0.25, 0.3) is 0 Å². The van der Waals surface area contributed by atoms with E-state index in [9.17, 15) is 4.79 Å². The van der Waals surface area contributed by atoms with E-state index < -0.39 is 0 Å². The van der Waals surface area contributed by atoms with Crippen molar-refractivity contribution in [3.05, 3.63) is 41.5 Å². The van der Waals surface area contributed by atoms with Crippen molar-refractivity contribution in [1.82, 2.24) is 0 Å². The van der Waals surface area contributed by atoms with E-state index in [-0.39, 0.29) is 11.4 Å². The molecule has 0 fully saturated rings. The summed E-state index contributed by atoms with van der Waals surface area (Å²) in [4.78, 5) is 11.6. The van der Waals surface area contributed by atoms with E-state index >= 15 is 0 Å². The third-order valence-electron chi connectivity index (χ3n) is 2.49. The number of ether oxygens (including phenoxy) is 1. The average molecular weight is 218 g/mol. The molecule has 0 N–H and O–H groups in total. The fourth-order valence-electron chi connectivity index (χ4n) is 1.60. The first-order valence-corrected chi connectivity index (χ1v) is 5.25. The molecule has 0 radical (unpaired) electrons. The molecule has 0 spiro atoms. The number of benzene rings is 1. The Labute approximate surface area is 96.9 Å². The summed E-state index contributed by atoms with van der Waals surface area (Å²) in [5, 5.41) is 0. The van der Waals surface area contributed by atoms with Crippen molar-refractivity contribution >= 4 is 12.0 Å². The summed E-state index contributed by atoms with van der Waals surface area (Å²) >= 11 is 0. The summed E-state index contributed by atoms with van der Waals surface area (Å²) in [5.74, 6) is -0.291. The Morgan fingerprint density at radius 3 is 2.44 bits per heavy atom. The summed E-state index contributed by atoms with van der Waals surface area (Å²) in [6.07, 6.45) is 1.77. The minimum atomic E-state index is -0.291. The van der Waals surface area contributed by atoms with Crippen LogP contribution in [0.2, 0.25) is 0 Å². The van der Waals surface area contributed by atoms with Gasteiger partial charge in [-0.2, -0.15) is 0 Å². The van der Waals surface area contributed by atoms with Gasteiger partial charge in [-0.3, -0.25) is 0 Å². The standard InChI is InChI=1S/C14H18O2/c1-6-10-7-8-11(13(15)16-5)12(9-10)14(2,3)4/h6-9H,1H2,2-5H3. The van der Waals surface area contributed by atoms with Gasteiger partial charge in [0, 0.05) is 0 Å². The van der Waals surface area contributed by atoms with Gasteiger partial charge in [0.15, 0.2) is 0 Å². The number of hydrogen-bond acceptors (Lipinski definition) is 2. The molecule has 0 saturated heterocycles. The zero-order valence-electron chi connectivity index (χ0n) is 10.3. The number of carbonyl (C=O) groups excluding carboxylic acids is 1. The Hall–Kier alpha value is -1.57. The van der Waals surface area contributed by atoms with Crippen molar-refractivity contribution in [2.45, 2.75) is 26.2 Å². The van der Waals surface area contributed by atoms with Crippen LogP contribution in [-0.4, -0.2) is 13.1 Å². The normalized spacial score (nSPS) is 11.0. The van der Waals surface area contributed by atoms with Crippen molar-refractivity contribution < 1.29 is 9.53 Å². The van der Waals surface area contributed by atoms with E-state index in [4.69, 9.17) is 4.74 Å². The zero-order chi connectivity index (χ0) is 12.3. The maximum atomic E-state index is 11.6. The minimum Gasteiger partial charge on any atom is -0.465 e. The quantitative estimate of drug-likeness (QED) is 0.711. The second-order valence-corrected chi connectivity index (χ2v) is 4.75. The minimum absolute atomic E-state index is 0.0947. The van der Waals surface area contributed by atoms with Crippen LogP contribution in [0.25, 0.3) is 6.08 Å². The SMILES string of the molecule is C=Cc1ccc(C(=O)OC)c(C(C)(C)C)c1. The van der Waals surface area contributed by atoms with Crippen molar-refractivity contribution in [2.75, 3.05) is 7.11 Å². The number of methoxy groups -OCH3 is 1. The third kappa shape index (κ3) is 2.51. The van der Waals surface area contributed by atoms with Crippen LogP contribution >= 0.6 is 0 Å². The van der Waals surface area contributed by atoms with Crippen LogP contribution in [0.1, 0.15) is 42.3 Å². The maximum absolute atomic E-state index is 11.6. The van der Waals surface area contributed by atoms with Crippen LogP contribution in [0, 0.1) is 0 Å². The Morgan fingerprint density at radius 2 is 2.00 bits per heavy atom. The first-order valence-electron chi connectivity index (χ1n) is 5.25. The third-order valence-corrected chi connectivity index (χ3v) is 2.49. The van der Waals surface area contributed by atoms with Crippen LogP contribution in [0.4, 0.5) is 0 Å². The molecule has 0 aliphatic rings. The number of esters is 1. The van der Waals surface area contributed by atoms with Crippen LogP contribution in [0.15, 0.2) is 24.8 Å². The fourth-order valence-corrected chi connectivity index (χ4v) is 1.60. The van der Waals surface area contributed by atoms with Gasteiger partial charge in [0.05, 0.1) is 12.7 Å². The molecule has 1 rings (SSSR count). The van der Waals surface area contributed by atoms with Crippen LogP contribution in [0.5, 0.6) is 0 Å². The van der Waals surface area contributed by atoms with Gasteiger partial charge in [-0.15, -0.1) is 0 Å². The lowest BCUT2D eigenvalue weighted by Gasteiger charge is -2.22. The van der Waals surface area contributed by atoms with Gasteiger partial charge in [-0.1, -0.05) is 45.6 Å². The Morgan fingerprint density at radius 1 is 1.38 bits per heavy atom. The molecule has 0 atom stereocenters. The Balaban J connectivity index is 3.39. The van der Waals surface area contributed by atoms with Gasteiger partial charge in [0.1, 0.15) is 0 Å². The molecule has 0 aliphatic heterocycles. The van der Waals surface area contributed by atoms with Crippen LogP contribution in [0.3, 0.4) is 0 Å². The van der Waals surface area contributed by atoms with Gasteiger partial charge in [0.2, 0.25) is 0 Å². The van der Waals surface area contributed by atoms with Crippen molar-refractivity contribution in [3.63, 3.8) is 0 Å². The highest BCUT2D eigenvalue weighted by molar-refractivity contribution is 5.91. The largest absolute Gasteiger partial charge is 0.465 e. The van der Waals surface area contributed by atoms with Gasteiger partial charge in [-0.25, -0.2) is 4.79 Å². The molecular formula is C14H18O2. The second-order valence-electron chi connectivity index (χ2n) is 4.75. The van der Waals surface area contributed by atoms with Crippen molar-refractivity contribution in [1.29, 1.82) is 0 Å². The van der Waals surface area contributed by atoms with Gasteiger partial charge in [-0.05, 0) is 22.6 Å². The molecule has 1 aromatic carbocycles. The number of carbonyl (C=O) groups is 1. The first-order chi connectivity index (χ1) is 7.40. The summed E-state index contributed by atoms with van der Waals surface area (Å²) in [7, 11) is 1.40. The van der Waals surface area contributed by atoms with E-state index in [0.717, 1.165) is 11.1 Å². The Kier molecular flexibility index (Phi) is 3.53. The van der Waals surface area contributed by atoms with E-state index in [1.807, 2.05) is 12.1 Å².